The Morgan fingerprint density at radius 3 is 2.95 bits per heavy atom. The number of nitrogens with zero attached hydrogens (tertiary/aromatic N) is 2. The smallest absolute Gasteiger partial charge is 0.193 e. The van der Waals surface area contributed by atoms with E-state index in [1.165, 1.54) is 25.7 Å². The Morgan fingerprint density at radius 1 is 1.40 bits per heavy atom. The van der Waals surface area contributed by atoms with Crippen LogP contribution < -0.4 is 5.32 Å². The number of guanidine groups is 1. The summed E-state index contributed by atoms with van der Waals surface area (Å²) in [5.74, 6) is 1.03. The van der Waals surface area contributed by atoms with Gasteiger partial charge >= 0.3 is 0 Å². The fraction of sp³-hybridized carbons (Fsp3) is 0.929. The van der Waals surface area contributed by atoms with Crippen LogP contribution in [0.1, 0.15) is 25.7 Å². The Bertz CT molecular complexity index is 339. The molecule has 3 saturated heterocycles. The molecule has 1 spiro atoms. The summed E-state index contributed by atoms with van der Waals surface area (Å²) in [6.45, 7) is 5.82. The largest absolute Gasteiger partial charge is 0.381 e. The molecule has 1 N–H and O–H groups in total. The Morgan fingerprint density at radius 2 is 2.30 bits per heavy atom. The molecule has 2 atom stereocenters. The zero-order valence-electron chi connectivity index (χ0n) is 12.3. The van der Waals surface area contributed by atoms with E-state index in [1.807, 2.05) is 7.05 Å². The van der Waals surface area contributed by atoms with Crippen LogP contribution in [-0.2, 0) is 9.47 Å². The van der Waals surface area contributed by atoms with Crippen molar-refractivity contribution in [2.75, 3.05) is 46.5 Å². The fourth-order valence-electron chi connectivity index (χ4n) is 3.43. The first-order valence-electron chi connectivity index (χ1n) is 7.46. The highest BCUT2D eigenvalue weighted by atomic mass is 127. The van der Waals surface area contributed by atoms with Crippen molar-refractivity contribution in [3.8, 4) is 0 Å². The standard InChI is InChI=1S/C14H25N3O2.HI/c1-15-13(16-9-12-3-2-7-19-12)17-6-4-14(10-17)5-8-18-11-14;/h12H,2-11H2,1H3,(H,15,16);1H. The van der Waals surface area contributed by atoms with E-state index in [0.29, 0.717) is 11.5 Å². The van der Waals surface area contributed by atoms with E-state index in [1.54, 1.807) is 0 Å². The first-order valence-corrected chi connectivity index (χ1v) is 7.46. The Kier molecular flexibility index (Phi) is 5.92. The molecular formula is C14H26IN3O2. The van der Waals surface area contributed by atoms with Gasteiger partial charge in [-0.1, -0.05) is 0 Å². The van der Waals surface area contributed by atoms with Crippen LogP contribution in [0.2, 0.25) is 0 Å². The van der Waals surface area contributed by atoms with Gasteiger partial charge in [0.1, 0.15) is 0 Å². The van der Waals surface area contributed by atoms with Gasteiger partial charge in [-0.3, -0.25) is 4.99 Å². The summed E-state index contributed by atoms with van der Waals surface area (Å²) >= 11 is 0. The second-order valence-electron chi connectivity index (χ2n) is 6.04. The molecular weight excluding hydrogens is 369 g/mol. The minimum absolute atomic E-state index is 0. The Labute approximate surface area is 138 Å². The van der Waals surface area contributed by atoms with Crippen LogP contribution in [-0.4, -0.2) is 63.5 Å². The molecule has 0 aromatic carbocycles. The number of likely N-dealkylation sites (tertiary alicyclic amines) is 1. The van der Waals surface area contributed by atoms with Gasteiger partial charge in [-0.05, 0) is 25.7 Å². The average molecular weight is 395 g/mol. The number of rotatable bonds is 2. The number of nitrogens with one attached hydrogen (secondary N) is 1. The van der Waals surface area contributed by atoms with Crippen molar-refractivity contribution >= 4 is 29.9 Å². The molecule has 5 nitrogen and oxygen atoms in total. The van der Waals surface area contributed by atoms with Crippen LogP contribution >= 0.6 is 24.0 Å². The van der Waals surface area contributed by atoms with Crippen LogP contribution in [0.5, 0.6) is 0 Å². The van der Waals surface area contributed by atoms with Gasteiger partial charge in [0, 0.05) is 45.3 Å². The molecule has 2 unspecified atom stereocenters. The van der Waals surface area contributed by atoms with Gasteiger partial charge in [0.05, 0.1) is 12.7 Å². The van der Waals surface area contributed by atoms with Gasteiger partial charge in [-0.15, -0.1) is 24.0 Å². The lowest BCUT2D eigenvalue weighted by atomic mass is 9.87. The van der Waals surface area contributed by atoms with E-state index in [-0.39, 0.29) is 24.0 Å². The number of ether oxygens (including phenoxy) is 2. The fourth-order valence-corrected chi connectivity index (χ4v) is 3.43. The molecule has 6 heteroatoms. The van der Waals surface area contributed by atoms with E-state index >= 15 is 0 Å². The quantitative estimate of drug-likeness (QED) is 0.437. The van der Waals surface area contributed by atoms with E-state index < -0.39 is 0 Å². The number of hydrogen-bond donors (Lipinski definition) is 1. The van der Waals surface area contributed by atoms with Crippen molar-refractivity contribution in [3.63, 3.8) is 0 Å². The molecule has 3 rings (SSSR count). The summed E-state index contributed by atoms with van der Waals surface area (Å²) in [7, 11) is 1.87. The summed E-state index contributed by atoms with van der Waals surface area (Å²) in [5, 5.41) is 3.47. The third kappa shape index (κ3) is 3.57. The topological polar surface area (TPSA) is 46.1 Å². The van der Waals surface area contributed by atoms with Crippen LogP contribution in [0.3, 0.4) is 0 Å². The van der Waals surface area contributed by atoms with Crippen molar-refractivity contribution in [1.82, 2.24) is 10.2 Å². The second kappa shape index (κ2) is 7.26. The summed E-state index contributed by atoms with van der Waals surface area (Å²) < 4.78 is 11.2. The summed E-state index contributed by atoms with van der Waals surface area (Å²) in [5.41, 5.74) is 0.390. The minimum Gasteiger partial charge on any atom is -0.381 e. The molecule has 0 bridgehead atoms. The molecule has 3 fully saturated rings. The summed E-state index contributed by atoms with van der Waals surface area (Å²) in [4.78, 5) is 6.80. The van der Waals surface area contributed by atoms with Crippen molar-refractivity contribution in [2.45, 2.75) is 31.8 Å². The zero-order valence-corrected chi connectivity index (χ0v) is 14.6. The molecule has 116 valence electrons. The molecule has 0 radical (unpaired) electrons. The highest BCUT2D eigenvalue weighted by Gasteiger charge is 2.42. The lowest BCUT2D eigenvalue weighted by Gasteiger charge is -2.25. The molecule has 3 heterocycles. The van der Waals surface area contributed by atoms with Crippen molar-refractivity contribution in [2.24, 2.45) is 10.4 Å². The Balaban J connectivity index is 0.00000147. The molecule has 0 saturated carbocycles. The number of halogens is 1. The van der Waals surface area contributed by atoms with Crippen molar-refractivity contribution in [3.05, 3.63) is 0 Å². The SMILES string of the molecule is CN=C(NCC1CCCO1)N1CCC2(CCOC2)C1.I. The monoisotopic (exact) mass is 395 g/mol. The van der Waals surface area contributed by atoms with Crippen molar-refractivity contribution in [1.29, 1.82) is 0 Å². The lowest BCUT2D eigenvalue weighted by molar-refractivity contribution is 0.113. The normalized spacial score (nSPS) is 33.8. The third-order valence-corrected chi connectivity index (χ3v) is 4.65. The minimum atomic E-state index is 0. The second-order valence-corrected chi connectivity index (χ2v) is 6.04. The molecule has 20 heavy (non-hydrogen) atoms. The first-order chi connectivity index (χ1) is 9.31. The molecule has 0 aliphatic carbocycles. The maximum absolute atomic E-state index is 5.65. The molecule has 3 aliphatic heterocycles. The maximum Gasteiger partial charge on any atom is 0.193 e. The maximum atomic E-state index is 5.65. The van der Waals surface area contributed by atoms with Crippen LogP contribution in [0.15, 0.2) is 4.99 Å². The Hall–Kier alpha value is -0.0800. The van der Waals surface area contributed by atoms with Crippen molar-refractivity contribution < 1.29 is 9.47 Å². The third-order valence-electron chi connectivity index (χ3n) is 4.65. The van der Waals surface area contributed by atoms with Gasteiger partial charge in [0.15, 0.2) is 5.96 Å². The molecule has 0 amide bonds. The first kappa shape index (κ1) is 16.3. The van der Waals surface area contributed by atoms with Crippen LogP contribution in [0, 0.1) is 5.41 Å². The van der Waals surface area contributed by atoms with Gasteiger partial charge in [0.2, 0.25) is 0 Å². The van der Waals surface area contributed by atoms with E-state index in [9.17, 15) is 0 Å². The van der Waals surface area contributed by atoms with E-state index in [0.717, 1.165) is 45.4 Å². The van der Waals surface area contributed by atoms with E-state index in [4.69, 9.17) is 9.47 Å². The summed E-state index contributed by atoms with van der Waals surface area (Å²) in [6.07, 6.45) is 5.15. The predicted octanol–water partition coefficient (Wildman–Crippen LogP) is 1.47. The average Bonchev–Trinajstić information content (AvgIpc) is 3.15. The molecule has 0 aromatic rings. The lowest BCUT2D eigenvalue weighted by Crippen LogP contribution is -2.44. The highest BCUT2D eigenvalue weighted by Crippen LogP contribution is 2.38. The molecule has 0 aromatic heterocycles. The van der Waals surface area contributed by atoms with E-state index in [2.05, 4.69) is 15.2 Å². The van der Waals surface area contributed by atoms with Crippen LogP contribution in [0.25, 0.3) is 0 Å². The van der Waals surface area contributed by atoms with Gasteiger partial charge < -0.3 is 19.7 Å². The van der Waals surface area contributed by atoms with Gasteiger partial charge in [-0.25, -0.2) is 0 Å². The molecule has 3 aliphatic rings. The zero-order chi connectivity index (χ0) is 13.1. The number of hydrogen-bond acceptors (Lipinski definition) is 3. The predicted molar refractivity (Wildman–Crippen MR) is 89.8 cm³/mol. The van der Waals surface area contributed by atoms with Gasteiger partial charge in [0.25, 0.3) is 0 Å². The van der Waals surface area contributed by atoms with Gasteiger partial charge in [-0.2, -0.15) is 0 Å². The highest BCUT2D eigenvalue weighted by molar-refractivity contribution is 14.0. The summed E-state index contributed by atoms with van der Waals surface area (Å²) in [6, 6.07) is 0. The number of aliphatic imine (C=N–C) groups is 1. The van der Waals surface area contributed by atoms with Crippen LogP contribution in [0.4, 0.5) is 0 Å².